The Morgan fingerprint density at radius 3 is 2.79 bits per heavy atom. The number of carbonyl (C=O) groups excluding carboxylic acids is 3. The van der Waals surface area contributed by atoms with Crippen molar-refractivity contribution >= 4 is 34.6 Å². The zero-order valence-corrected chi connectivity index (χ0v) is 21.3. The largest absolute Gasteiger partial charge is 0.467 e. The van der Waals surface area contributed by atoms with Gasteiger partial charge in [0.25, 0.3) is 0 Å². The summed E-state index contributed by atoms with van der Waals surface area (Å²) in [6, 6.07) is 9.88. The number of aryl methyl sites for hydroxylation is 1. The Bertz CT molecular complexity index is 1430. The third kappa shape index (κ3) is 4.98. The lowest BCUT2D eigenvalue weighted by Crippen LogP contribution is -2.54. The van der Waals surface area contributed by atoms with Crippen molar-refractivity contribution in [2.45, 2.75) is 44.8 Å². The summed E-state index contributed by atoms with van der Waals surface area (Å²) in [6.07, 6.45) is 3.22. The molecule has 196 valence electrons. The second kappa shape index (κ2) is 10.4. The topological polar surface area (TPSA) is 143 Å². The van der Waals surface area contributed by atoms with Crippen LogP contribution in [0.4, 0.5) is 15.3 Å². The summed E-state index contributed by atoms with van der Waals surface area (Å²) in [6.45, 7) is 3.26. The van der Waals surface area contributed by atoms with E-state index in [1.807, 2.05) is 19.1 Å². The zero-order chi connectivity index (χ0) is 26.8. The molecule has 0 bridgehead atoms. The number of urea groups is 2. The number of hydrogen-bond donors (Lipinski definition) is 3. The van der Waals surface area contributed by atoms with Gasteiger partial charge in [0.2, 0.25) is 0 Å². The van der Waals surface area contributed by atoms with Crippen LogP contribution in [-0.4, -0.2) is 70.3 Å². The van der Waals surface area contributed by atoms with E-state index >= 15 is 0 Å². The van der Waals surface area contributed by atoms with Gasteiger partial charge in [0.05, 0.1) is 30.5 Å². The summed E-state index contributed by atoms with van der Waals surface area (Å²) < 4.78 is 4.97. The number of benzene rings is 2. The van der Waals surface area contributed by atoms with E-state index in [4.69, 9.17) is 4.74 Å². The van der Waals surface area contributed by atoms with Gasteiger partial charge in [-0.05, 0) is 60.7 Å². The number of esters is 1. The average molecular weight is 516 g/mol. The summed E-state index contributed by atoms with van der Waals surface area (Å²) in [5.41, 5.74) is 4.99. The maximum Gasteiger partial charge on any atom is 0.328 e. The molecule has 0 spiro atoms. The number of aromatic nitrogens is 2. The number of likely N-dealkylation sites (tertiary alicyclic amines) is 1. The number of carbonyl (C=O) groups is 3. The van der Waals surface area contributed by atoms with Gasteiger partial charge in [-0.15, -0.1) is 0 Å². The smallest absolute Gasteiger partial charge is 0.328 e. The fraction of sp³-hybridized carbons (Fsp3) is 0.370. The number of nitrogens with one attached hydrogen (secondary N) is 3. The summed E-state index contributed by atoms with van der Waals surface area (Å²) in [5, 5.41) is 22.9. The van der Waals surface area contributed by atoms with Gasteiger partial charge < -0.3 is 25.2 Å². The molecule has 2 aliphatic heterocycles. The molecule has 11 nitrogen and oxygen atoms in total. The van der Waals surface area contributed by atoms with Crippen molar-refractivity contribution in [3.8, 4) is 6.07 Å². The first-order valence-corrected chi connectivity index (χ1v) is 12.5. The van der Waals surface area contributed by atoms with E-state index in [9.17, 15) is 19.6 Å². The number of nitrogens with zero attached hydrogens (tertiary/aromatic N) is 4. The average Bonchev–Trinajstić information content (AvgIpc) is 3.41. The molecule has 1 fully saturated rings. The molecule has 11 heteroatoms. The van der Waals surface area contributed by atoms with Crippen LogP contribution in [0, 0.1) is 18.3 Å². The molecule has 4 amide bonds. The standard InChI is InChI=1S/C27H29N7O4/c1-16-9-18(11-19-14-29-32-24(16)19)12-23(25(35)38-2)31-26(36)33-7-5-21(6-8-33)34-15-20-10-17(13-28)3-4-22(20)30-27(34)37/h3-4,9-11,14,21,23H,5-8,12,15H2,1-2H3,(H,29,32)(H,30,37)(H,31,36). The Kier molecular flexibility index (Phi) is 6.87. The highest BCUT2D eigenvalue weighted by Crippen LogP contribution is 2.28. The van der Waals surface area contributed by atoms with Crippen LogP contribution < -0.4 is 10.6 Å². The first-order chi connectivity index (χ1) is 18.4. The lowest BCUT2D eigenvalue weighted by Gasteiger charge is -2.40. The van der Waals surface area contributed by atoms with Crippen LogP contribution in [-0.2, 0) is 22.5 Å². The number of methoxy groups -OCH3 is 1. The number of anilines is 1. The normalized spacial score (nSPS) is 16.4. The second-order valence-electron chi connectivity index (χ2n) is 9.74. The zero-order valence-electron chi connectivity index (χ0n) is 21.3. The summed E-state index contributed by atoms with van der Waals surface area (Å²) in [5.74, 6) is -0.515. The van der Waals surface area contributed by atoms with E-state index in [1.54, 1.807) is 34.2 Å². The van der Waals surface area contributed by atoms with Gasteiger partial charge >= 0.3 is 18.0 Å². The Morgan fingerprint density at radius 1 is 1.26 bits per heavy atom. The molecule has 1 saturated heterocycles. The van der Waals surface area contributed by atoms with E-state index in [1.165, 1.54) is 7.11 Å². The highest BCUT2D eigenvalue weighted by atomic mass is 16.5. The summed E-state index contributed by atoms with van der Waals surface area (Å²) >= 11 is 0. The van der Waals surface area contributed by atoms with E-state index < -0.39 is 12.0 Å². The number of fused-ring (bicyclic) bond motifs is 2. The van der Waals surface area contributed by atoms with Crippen LogP contribution in [0.3, 0.4) is 0 Å². The van der Waals surface area contributed by atoms with Gasteiger partial charge in [0.1, 0.15) is 6.04 Å². The number of hydrogen-bond acceptors (Lipinski definition) is 6. The van der Waals surface area contributed by atoms with Crippen molar-refractivity contribution in [1.29, 1.82) is 5.26 Å². The molecule has 3 N–H and O–H groups in total. The molecule has 0 aliphatic carbocycles. The van der Waals surface area contributed by atoms with Gasteiger partial charge in [-0.3, -0.25) is 5.10 Å². The molecular formula is C27H29N7O4. The monoisotopic (exact) mass is 515 g/mol. The highest BCUT2D eigenvalue weighted by Gasteiger charge is 2.34. The quantitative estimate of drug-likeness (QED) is 0.446. The maximum atomic E-state index is 13.1. The predicted octanol–water partition coefficient (Wildman–Crippen LogP) is 3.05. The molecular weight excluding hydrogens is 486 g/mol. The molecule has 1 unspecified atom stereocenters. The van der Waals surface area contributed by atoms with E-state index in [0.29, 0.717) is 38.0 Å². The third-order valence-electron chi connectivity index (χ3n) is 7.30. The number of amides is 4. The SMILES string of the molecule is COC(=O)C(Cc1cc(C)c2[nH]ncc2c1)NC(=O)N1CCC(N2Cc3cc(C#N)ccc3NC2=O)CC1. The molecule has 0 saturated carbocycles. The minimum absolute atomic E-state index is 0.0426. The Labute approximate surface area is 219 Å². The van der Waals surface area contributed by atoms with Crippen molar-refractivity contribution in [2.24, 2.45) is 0 Å². The number of H-pyrrole nitrogens is 1. The Balaban J connectivity index is 1.21. The molecule has 1 aromatic heterocycles. The number of ether oxygens (including phenoxy) is 1. The number of nitriles is 1. The fourth-order valence-electron chi connectivity index (χ4n) is 5.28. The van der Waals surface area contributed by atoms with Gasteiger partial charge in [0, 0.05) is 43.2 Å². The lowest BCUT2D eigenvalue weighted by atomic mass is 10.00. The van der Waals surface area contributed by atoms with Crippen molar-refractivity contribution < 1.29 is 19.1 Å². The predicted molar refractivity (Wildman–Crippen MR) is 139 cm³/mol. The Hall–Kier alpha value is -4.59. The van der Waals surface area contributed by atoms with Crippen LogP contribution in [0.25, 0.3) is 10.9 Å². The second-order valence-corrected chi connectivity index (χ2v) is 9.74. The first-order valence-electron chi connectivity index (χ1n) is 12.5. The summed E-state index contributed by atoms with van der Waals surface area (Å²) in [7, 11) is 1.30. The number of aromatic amines is 1. The van der Waals surface area contributed by atoms with Crippen LogP contribution in [0.15, 0.2) is 36.5 Å². The van der Waals surface area contributed by atoms with E-state index in [-0.39, 0.29) is 24.5 Å². The molecule has 5 rings (SSSR count). The molecule has 0 radical (unpaired) electrons. The van der Waals surface area contributed by atoms with Crippen molar-refractivity contribution in [3.63, 3.8) is 0 Å². The third-order valence-corrected chi connectivity index (χ3v) is 7.30. The van der Waals surface area contributed by atoms with Crippen LogP contribution in [0.5, 0.6) is 0 Å². The highest BCUT2D eigenvalue weighted by molar-refractivity contribution is 5.92. The van der Waals surface area contributed by atoms with Crippen LogP contribution >= 0.6 is 0 Å². The van der Waals surface area contributed by atoms with Crippen LogP contribution in [0.1, 0.15) is 35.1 Å². The molecule has 1 atom stereocenters. The van der Waals surface area contributed by atoms with Crippen LogP contribution in [0.2, 0.25) is 0 Å². The minimum atomic E-state index is -0.840. The fourth-order valence-corrected chi connectivity index (χ4v) is 5.28. The maximum absolute atomic E-state index is 13.1. The van der Waals surface area contributed by atoms with E-state index in [0.717, 1.165) is 33.3 Å². The number of piperidine rings is 1. The molecule has 2 aromatic carbocycles. The van der Waals surface area contributed by atoms with Gasteiger partial charge in [0.15, 0.2) is 0 Å². The molecule has 3 heterocycles. The van der Waals surface area contributed by atoms with Crippen molar-refractivity contribution in [1.82, 2.24) is 25.3 Å². The summed E-state index contributed by atoms with van der Waals surface area (Å²) in [4.78, 5) is 41.8. The molecule has 3 aromatic rings. The first kappa shape index (κ1) is 25.1. The lowest BCUT2D eigenvalue weighted by molar-refractivity contribution is -0.142. The Morgan fingerprint density at radius 2 is 2.05 bits per heavy atom. The van der Waals surface area contributed by atoms with Gasteiger partial charge in [-0.25, -0.2) is 14.4 Å². The molecule has 2 aliphatic rings. The van der Waals surface area contributed by atoms with Gasteiger partial charge in [-0.1, -0.05) is 6.07 Å². The van der Waals surface area contributed by atoms with Gasteiger partial charge in [-0.2, -0.15) is 10.4 Å². The molecule has 38 heavy (non-hydrogen) atoms. The minimum Gasteiger partial charge on any atom is -0.467 e. The van der Waals surface area contributed by atoms with Crippen molar-refractivity contribution in [3.05, 3.63) is 58.8 Å². The van der Waals surface area contributed by atoms with E-state index in [2.05, 4.69) is 26.9 Å². The van der Waals surface area contributed by atoms with Crippen molar-refractivity contribution in [2.75, 3.05) is 25.5 Å². The number of rotatable bonds is 5.